The Morgan fingerprint density at radius 2 is 1.81 bits per heavy atom. The quantitative estimate of drug-likeness (QED) is 0.690. The van der Waals surface area contributed by atoms with Crippen molar-refractivity contribution in [2.45, 2.75) is 20.0 Å². The van der Waals surface area contributed by atoms with E-state index in [9.17, 15) is 18.4 Å². The van der Waals surface area contributed by atoms with Crippen LogP contribution in [0, 0.1) is 0 Å². The van der Waals surface area contributed by atoms with Crippen molar-refractivity contribution in [2.24, 2.45) is 0 Å². The number of anilines is 2. The first-order chi connectivity index (χ1) is 12.9. The standard InChI is InChI=1S/C19H20F2N2O4/c1-2-23(12-11-17(24)25)18(26)15-5-3-4-6-16(15)22-13-7-9-14(10-8-13)27-19(20)21/h3-10,19,22H,2,11-12H2,1H3,(H,24,25). The van der Waals surface area contributed by atoms with Gasteiger partial charge in [0.25, 0.3) is 5.91 Å². The minimum absolute atomic E-state index is 0.0331. The molecule has 1 amide bonds. The molecule has 2 N–H and O–H groups in total. The Kier molecular flexibility index (Phi) is 7.10. The van der Waals surface area contributed by atoms with Crippen LogP contribution in [0.15, 0.2) is 48.5 Å². The van der Waals surface area contributed by atoms with Crippen molar-refractivity contribution in [3.63, 3.8) is 0 Å². The van der Waals surface area contributed by atoms with Gasteiger partial charge in [0.05, 0.1) is 17.7 Å². The molecule has 0 fully saturated rings. The highest BCUT2D eigenvalue weighted by Gasteiger charge is 2.18. The zero-order valence-corrected chi connectivity index (χ0v) is 14.7. The second-order valence-electron chi connectivity index (χ2n) is 5.60. The number of nitrogens with one attached hydrogen (secondary N) is 1. The van der Waals surface area contributed by atoms with Gasteiger partial charge < -0.3 is 20.1 Å². The van der Waals surface area contributed by atoms with Crippen LogP contribution in [-0.4, -0.2) is 41.6 Å². The third-order valence-corrected chi connectivity index (χ3v) is 3.78. The largest absolute Gasteiger partial charge is 0.481 e. The highest BCUT2D eigenvalue weighted by atomic mass is 19.3. The van der Waals surface area contributed by atoms with E-state index in [0.29, 0.717) is 23.5 Å². The monoisotopic (exact) mass is 378 g/mol. The summed E-state index contributed by atoms with van der Waals surface area (Å²) in [7, 11) is 0. The van der Waals surface area contributed by atoms with Gasteiger partial charge in [0.2, 0.25) is 0 Å². The summed E-state index contributed by atoms with van der Waals surface area (Å²) in [5.41, 5.74) is 1.50. The van der Waals surface area contributed by atoms with Crippen LogP contribution in [0.5, 0.6) is 5.75 Å². The Morgan fingerprint density at radius 3 is 2.41 bits per heavy atom. The molecule has 0 bridgehead atoms. The smallest absolute Gasteiger partial charge is 0.387 e. The van der Waals surface area contributed by atoms with Gasteiger partial charge in [0.1, 0.15) is 5.75 Å². The molecular weight excluding hydrogens is 358 g/mol. The minimum Gasteiger partial charge on any atom is -0.481 e. The van der Waals surface area contributed by atoms with Gasteiger partial charge in [-0.1, -0.05) is 12.1 Å². The molecule has 0 aliphatic rings. The van der Waals surface area contributed by atoms with Crippen LogP contribution >= 0.6 is 0 Å². The number of carbonyl (C=O) groups excluding carboxylic acids is 1. The van der Waals surface area contributed by atoms with Crippen molar-refractivity contribution < 1.29 is 28.2 Å². The van der Waals surface area contributed by atoms with Crippen molar-refractivity contribution in [1.29, 1.82) is 0 Å². The second kappa shape index (κ2) is 9.51. The second-order valence-corrected chi connectivity index (χ2v) is 5.60. The van der Waals surface area contributed by atoms with Crippen molar-refractivity contribution >= 4 is 23.3 Å². The number of amides is 1. The molecule has 0 heterocycles. The molecule has 0 atom stereocenters. The fraction of sp³-hybridized carbons (Fsp3) is 0.263. The van der Waals surface area contributed by atoms with Crippen molar-refractivity contribution in [2.75, 3.05) is 18.4 Å². The molecule has 6 nitrogen and oxygen atoms in total. The number of carboxylic acid groups (broad SMARTS) is 1. The average molecular weight is 378 g/mol. The molecule has 2 aromatic rings. The van der Waals surface area contributed by atoms with E-state index in [2.05, 4.69) is 10.1 Å². The molecule has 0 aliphatic carbocycles. The lowest BCUT2D eigenvalue weighted by Crippen LogP contribution is -2.33. The van der Waals surface area contributed by atoms with E-state index < -0.39 is 12.6 Å². The van der Waals surface area contributed by atoms with E-state index in [1.54, 1.807) is 43.3 Å². The number of aliphatic carboxylic acids is 1. The predicted octanol–water partition coefficient (Wildman–Crippen LogP) is 3.97. The maximum atomic E-state index is 12.8. The molecule has 0 aromatic heterocycles. The molecule has 0 saturated heterocycles. The summed E-state index contributed by atoms with van der Waals surface area (Å²) in [6.45, 7) is -0.635. The van der Waals surface area contributed by atoms with Crippen molar-refractivity contribution in [3.05, 3.63) is 54.1 Å². The van der Waals surface area contributed by atoms with Gasteiger partial charge in [0.15, 0.2) is 0 Å². The Morgan fingerprint density at radius 1 is 1.15 bits per heavy atom. The number of ether oxygens (including phenoxy) is 1. The fourth-order valence-electron chi connectivity index (χ4n) is 2.46. The van der Waals surface area contributed by atoms with E-state index in [1.807, 2.05) is 0 Å². The summed E-state index contributed by atoms with van der Waals surface area (Å²) in [6, 6.07) is 12.7. The highest BCUT2D eigenvalue weighted by molar-refractivity contribution is 6.00. The third kappa shape index (κ3) is 5.95. The number of carboxylic acids is 1. The fourth-order valence-corrected chi connectivity index (χ4v) is 2.46. The van der Waals surface area contributed by atoms with Gasteiger partial charge in [0, 0.05) is 18.8 Å². The van der Waals surface area contributed by atoms with Gasteiger partial charge in [-0.05, 0) is 43.3 Å². The Balaban J connectivity index is 2.17. The first kappa shape index (κ1) is 20.2. The van der Waals surface area contributed by atoms with Crippen molar-refractivity contribution in [3.8, 4) is 5.75 Å². The average Bonchev–Trinajstić information content (AvgIpc) is 2.63. The van der Waals surface area contributed by atoms with Gasteiger partial charge in [-0.25, -0.2) is 0 Å². The summed E-state index contributed by atoms with van der Waals surface area (Å²) in [5.74, 6) is -1.23. The number of rotatable bonds is 9. The van der Waals surface area contributed by atoms with Crippen LogP contribution in [0.1, 0.15) is 23.7 Å². The molecule has 0 spiro atoms. The number of alkyl halides is 2. The zero-order chi connectivity index (χ0) is 19.8. The molecule has 0 saturated carbocycles. The summed E-state index contributed by atoms with van der Waals surface area (Å²) in [4.78, 5) is 25.0. The molecule has 2 aromatic carbocycles. The summed E-state index contributed by atoms with van der Waals surface area (Å²) in [5, 5.41) is 11.9. The SMILES string of the molecule is CCN(CCC(=O)O)C(=O)c1ccccc1Nc1ccc(OC(F)F)cc1. The number of benzene rings is 2. The zero-order valence-electron chi connectivity index (χ0n) is 14.7. The van der Waals surface area contributed by atoms with Crippen LogP contribution in [-0.2, 0) is 4.79 Å². The van der Waals surface area contributed by atoms with Gasteiger partial charge in [-0.2, -0.15) is 8.78 Å². The van der Waals surface area contributed by atoms with E-state index in [0.717, 1.165) is 0 Å². The van der Waals surface area contributed by atoms with Gasteiger partial charge in [-0.3, -0.25) is 9.59 Å². The predicted molar refractivity (Wildman–Crippen MR) is 96.6 cm³/mol. The molecule has 0 aliphatic heterocycles. The van der Waals surface area contributed by atoms with E-state index in [-0.39, 0.29) is 24.6 Å². The first-order valence-electron chi connectivity index (χ1n) is 8.32. The van der Waals surface area contributed by atoms with Crippen LogP contribution in [0.4, 0.5) is 20.2 Å². The first-order valence-corrected chi connectivity index (χ1v) is 8.32. The molecule has 144 valence electrons. The summed E-state index contributed by atoms with van der Waals surface area (Å²) >= 11 is 0. The lowest BCUT2D eigenvalue weighted by atomic mass is 10.1. The molecule has 0 radical (unpaired) electrons. The third-order valence-electron chi connectivity index (χ3n) is 3.78. The van der Waals surface area contributed by atoms with E-state index >= 15 is 0 Å². The Hall–Kier alpha value is -3.16. The topological polar surface area (TPSA) is 78.9 Å². The lowest BCUT2D eigenvalue weighted by Gasteiger charge is -2.22. The maximum Gasteiger partial charge on any atom is 0.387 e. The number of para-hydroxylation sites is 1. The number of hydrogen-bond donors (Lipinski definition) is 2. The van der Waals surface area contributed by atoms with E-state index in [1.165, 1.54) is 17.0 Å². The number of nitrogens with zero attached hydrogens (tertiary/aromatic N) is 1. The molecule has 2 rings (SSSR count). The van der Waals surface area contributed by atoms with Crippen LogP contribution in [0.2, 0.25) is 0 Å². The number of hydrogen-bond acceptors (Lipinski definition) is 4. The summed E-state index contributed by atoms with van der Waals surface area (Å²) in [6.07, 6.45) is -0.138. The normalized spacial score (nSPS) is 10.5. The number of halogens is 2. The minimum atomic E-state index is -2.90. The number of carbonyl (C=O) groups is 2. The lowest BCUT2D eigenvalue weighted by molar-refractivity contribution is -0.137. The van der Waals surface area contributed by atoms with Crippen LogP contribution in [0.25, 0.3) is 0 Å². The maximum absolute atomic E-state index is 12.8. The van der Waals surface area contributed by atoms with E-state index in [4.69, 9.17) is 5.11 Å². The van der Waals surface area contributed by atoms with Crippen LogP contribution < -0.4 is 10.1 Å². The Labute approximate surface area is 155 Å². The molecular formula is C19H20F2N2O4. The van der Waals surface area contributed by atoms with Gasteiger partial charge in [-0.15, -0.1) is 0 Å². The van der Waals surface area contributed by atoms with Gasteiger partial charge >= 0.3 is 12.6 Å². The molecule has 0 unspecified atom stereocenters. The summed E-state index contributed by atoms with van der Waals surface area (Å²) < 4.78 is 28.7. The highest BCUT2D eigenvalue weighted by Crippen LogP contribution is 2.24. The Bertz CT molecular complexity index is 782. The van der Waals surface area contributed by atoms with Crippen molar-refractivity contribution in [1.82, 2.24) is 4.90 Å². The van der Waals surface area contributed by atoms with Crippen LogP contribution in [0.3, 0.4) is 0 Å². The molecule has 8 heteroatoms. The molecule has 27 heavy (non-hydrogen) atoms.